The van der Waals surface area contributed by atoms with Crippen LogP contribution in [0.15, 0.2) is 67.3 Å². The highest BCUT2D eigenvalue weighted by Crippen LogP contribution is 2.25. The van der Waals surface area contributed by atoms with E-state index in [0.29, 0.717) is 5.02 Å². The molecule has 0 saturated heterocycles. The second-order valence-corrected chi connectivity index (χ2v) is 7.30. The molecule has 2 aromatic heterocycles. The molecule has 0 atom stereocenters. The molecular weight excluding hydrogens is 370 g/mol. The number of hydrogen-bond donors (Lipinski definition) is 1. The highest BCUT2D eigenvalue weighted by molar-refractivity contribution is 6.31. The Balaban J connectivity index is 1.48. The maximum atomic E-state index is 6.07. The molecule has 5 nitrogen and oxygen atoms in total. The molecule has 0 radical (unpaired) electrons. The Morgan fingerprint density at radius 2 is 1.89 bits per heavy atom. The lowest BCUT2D eigenvalue weighted by Crippen LogP contribution is -2.11. The van der Waals surface area contributed by atoms with Gasteiger partial charge in [-0.3, -0.25) is 4.98 Å². The SMILES string of the molecule is CN(C)c1ccc(-c2cncn2CCNc2ccnc3cc(Cl)ccc23)cc1. The zero-order valence-electron chi connectivity index (χ0n) is 15.9. The van der Waals surface area contributed by atoms with E-state index >= 15 is 0 Å². The quantitative estimate of drug-likeness (QED) is 0.506. The van der Waals surface area contributed by atoms with E-state index < -0.39 is 0 Å². The maximum Gasteiger partial charge on any atom is 0.0951 e. The van der Waals surface area contributed by atoms with Gasteiger partial charge in [-0.15, -0.1) is 0 Å². The summed E-state index contributed by atoms with van der Waals surface area (Å²) in [6.07, 6.45) is 5.59. The first-order valence-electron chi connectivity index (χ1n) is 9.18. The fourth-order valence-corrected chi connectivity index (χ4v) is 3.42. The Bertz CT molecular complexity index is 1090. The van der Waals surface area contributed by atoms with Crippen LogP contribution in [0, 0.1) is 0 Å². The lowest BCUT2D eigenvalue weighted by Gasteiger charge is -2.14. The van der Waals surface area contributed by atoms with Gasteiger partial charge in [0, 0.05) is 55.2 Å². The Morgan fingerprint density at radius 1 is 1.07 bits per heavy atom. The summed E-state index contributed by atoms with van der Waals surface area (Å²) in [5.41, 5.74) is 5.40. The van der Waals surface area contributed by atoms with E-state index in [4.69, 9.17) is 11.6 Å². The highest BCUT2D eigenvalue weighted by atomic mass is 35.5. The largest absolute Gasteiger partial charge is 0.383 e. The topological polar surface area (TPSA) is 46.0 Å². The van der Waals surface area contributed by atoms with Gasteiger partial charge in [-0.25, -0.2) is 4.98 Å². The van der Waals surface area contributed by atoms with Crippen molar-refractivity contribution in [3.05, 3.63) is 72.3 Å². The first-order valence-corrected chi connectivity index (χ1v) is 9.55. The summed E-state index contributed by atoms with van der Waals surface area (Å²) < 4.78 is 2.16. The van der Waals surface area contributed by atoms with Gasteiger partial charge in [-0.2, -0.15) is 0 Å². The smallest absolute Gasteiger partial charge is 0.0951 e. The number of halogens is 1. The third kappa shape index (κ3) is 3.80. The van der Waals surface area contributed by atoms with Gasteiger partial charge in [0.25, 0.3) is 0 Å². The first kappa shape index (κ1) is 18.3. The fourth-order valence-electron chi connectivity index (χ4n) is 3.26. The second kappa shape index (κ2) is 7.90. The van der Waals surface area contributed by atoms with E-state index in [1.54, 1.807) is 6.20 Å². The van der Waals surface area contributed by atoms with Crippen LogP contribution in [-0.4, -0.2) is 35.2 Å². The Hall–Kier alpha value is -3.05. The molecule has 28 heavy (non-hydrogen) atoms. The molecule has 6 heteroatoms. The van der Waals surface area contributed by atoms with Crippen LogP contribution in [0.4, 0.5) is 11.4 Å². The summed E-state index contributed by atoms with van der Waals surface area (Å²) in [5.74, 6) is 0. The van der Waals surface area contributed by atoms with Crippen LogP contribution in [0.2, 0.25) is 5.02 Å². The van der Waals surface area contributed by atoms with Gasteiger partial charge in [-0.1, -0.05) is 23.7 Å². The summed E-state index contributed by atoms with van der Waals surface area (Å²) in [6, 6.07) is 16.3. The molecule has 2 heterocycles. The average Bonchev–Trinajstić information content (AvgIpc) is 3.16. The molecule has 0 saturated carbocycles. The molecule has 4 aromatic rings. The minimum absolute atomic E-state index is 0.695. The first-order chi connectivity index (χ1) is 13.6. The minimum atomic E-state index is 0.695. The minimum Gasteiger partial charge on any atom is -0.383 e. The number of rotatable bonds is 6. The van der Waals surface area contributed by atoms with Crippen molar-refractivity contribution in [3.63, 3.8) is 0 Å². The lowest BCUT2D eigenvalue weighted by molar-refractivity contribution is 0.734. The molecule has 0 spiro atoms. The van der Waals surface area contributed by atoms with Crippen molar-refractivity contribution in [2.75, 3.05) is 30.9 Å². The molecule has 0 bridgehead atoms. The number of pyridine rings is 1. The highest BCUT2D eigenvalue weighted by Gasteiger charge is 2.07. The molecule has 4 rings (SSSR count). The van der Waals surface area contributed by atoms with E-state index in [1.807, 2.05) is 50.9 Å². The number of aromatic nitrogens is 3. The molecular formula is C22H22ClN5. The summed E-state index contributed by atoms with van der Waals surface area (Å²) in [6.45, 7) is 1.59. The van der Waals surface area contributed by atoms with Crippen molar-refractivity contribution in [2.24, 2.45) is 0 Å². The van der Waals surface area contributed by atoms with Crippen LogP contribution < -0.4 is 10.2 Å². The average molecular weight is 392 g/mol. The van der Waals surface area contributed by atoms with Crippen molar-refractivity contribution in [1.82, 2.24) is 14.5 Å². The number of imidazole rings is 1. The standard InChI is InChI=1S/C22H22ClN5/c1-27(2)18-6-3-16(4-7-18)22-14-24-15-28(22)12-11-26-20-9-10-25-21-13-17(23)5-8-19(20)21/h3-10,13-15H,11-12H2,1-2H3,(H,25,26). The molecule has 0 aliphatic heterocycles. The molecule has 0 aliphatic carbocycles. The van der Waals surface area contributed by atoms with Crippen molar-refractivity contribution >= 4 is 33.9 Å². The summed E-state index contributed by atoms with van der Waals surface area (Å²) in [5, 5.41) is 5.27. The molecule has 0 amide bonds. The van der Waals surface area contributed by atoms with E-state index in [-0.39, 0.29) is 0 Å². The Labute approximate surface area is 169 Å². The number of fused-ring (bicyclic) bond motifs is 1. The summed E-state index contributed by atoms with van der Waals surface area (Å²) in [7, 11) is 4.09. The monoisotopic (exact) mass is 391 g/mol. The van der Waals surface area contributed by atoms with Crippen molar-refractivity contribution in [3.8, 4) is 11.3 Å². The van der Waals surface area contributed by atoms with Gasteiger partial charge >= 0.3 is 0 Å². The van der Waals surface area contributed by atoms with Crippen molar-refractivity contribution in [1.29, 1.82) is 0 Å². The van der Waals surface area contributed by atoms with Crippen LogP contribution in [0.3, 0.4) is 0 Å². The van der Waals surface area contributed by atoms with Gasteiger partial charge in [0.1, 0.15) is 0 Å². The van der Waals surface area contributed by atoms with Crippen molar-refractivity contribution < 1.29 is 0 Å². The van der Waals surface area contributed by atoms with Gasteiger partial charge in [0.2, 0.25) is 0 Å². The zero-order valence-corrected chi connectivity index (χ0v) is 16.7. The predicted octanol–water partition coefficient (Wildman–Crippen LogP) is 4.93. The van der Waals surface area contributed by atoms with E-state index in [1.165, 1.54) is 5.69 Å². The predicted molar refractivity (Wildman–Crippen MR) is 117 cm³/mol. The fraction of sp³-hybridized carbons (Fsp3) is 0.182. The van der Waals surface area contributed by atoms with Crippen LogP contribution in [0.25, 0.3) is 22.2 Å². The van der Waals surface area contributed by atoms with Crippen molar-refractivity contribution in [2.45, 2.75) is 6.54 Å². The molecule has 0 unspecified atom stereocenters. The Morgan fingerprint density at radius 3 is 2.68 bits per heavy atom. The number of nitrogens with zero attached hydrogens (tertiary/aromatic N) is 4. The normalized spacial score (nSPS) is 11.0. The van der Waals surface area contributed by atoms with Gasteiger partial charge in [0.15, 0.2) is 0 Å². The van der Waals surface area contributed by atoms with Crippen LogP contribution >= 0.6 is 11.6 Å². The molecule has 142 valence electrons. The van der Waals surface area contributed by atoms with Gasteiger partial charge < -0.3 is 14.8 Å². The number of hydrogen-bond acceptors (Lipinski definition) is 4. The third-order valence-corrected chi connectivity index (χ3v) is 5.00. The van der Waals surface area contributed by atoms with E-state index in [9.17, 15) is 0 Å². The van der Waals surface area contributed by atoms with Crippen LogP contribution in [-0.2, 0) is 6.54 Å². The maximum absolute atomic E-state index is 6.07. The summed E-state index contributed by atoms with van der Waals surface area (Å²) >= 11 is 6.07. The summed E-state index contributed by atoms with van der Waals surface area (Å²) in [4.78, 5) is 10.8. The van der Waals surface area contributed by atoms with Gasteiger partial charge in [-0.05, 0) is 42.0 Å². The molecule has 0 fully saturated rings. The molecule has 2 aromatic carbocycles. The number of nitrogens with one attached hydrogen (secondary N) is 1. The van der Waals surface area contributed by atoms with E-state index in [2.05, 4.69) is 49.0 Å². The molecule has 1 N–H and O–H groups in total. The van der Waals surface area contributed by atoms with E-state index in [0.717, 1.165) is 40.9 Å². The van der Waals surface area contributed by atoms with Crippen LogP contribution in [0.5, 0.6) is 0 Å². The van der Waals surface area contributed by atoms with Gasteiger partial charge in [0.05, 0.1) is 23.7 Å². The third-order valence-electron chi connectivity index (χ3n) is 4.76. The number of benzene rings is 2. The molecule has 0 aliphatic rings. The Kier molecular flexibility index (Phi) is 5.17. The second-order valence-electron chi connectivity index (χ2n) is 6.86. The van der Waals surface area contributed by atoms with Crippen LogP contribution in [0.1, 0.15) is 0 Å². The number of anilines is 2. The lowest BCUT2D eigenvalue weighted by atomic mass is 10.1. The zero-order chi connectivity index (χ0) is 19.5.